The highest BCUT2D eigenvalue weighted by atomic mass is 31.2. The summed E-state index contributed by atoms with van der Waals surface area (Å²) in [6, 6.07) is 21.8. The molecule has 7 nitrogen and oxygen atoms in total. The maximum absolute atomic E-state index is 13.8. The fourth-order valence-corrected chi connectivity index (χ4v) is 7.26. The molecule has 1 aliphatic rings. The van der Waals surface area contributed by atoms with Gasteiger partial charge in [-0.2, -0.15) is 13.2 Å². The minimum atomic E-state index is -4.54. The van der Waals surface area contributed by atoms with Gasteiger partial charge in [-0.1, -0.05) is 61.4 Å². The van der Waals surface area contributed by atoms with E-state index in [1.54, 1.807) is 61.2 Å². The van der Waals surface area contributed by atoms with E-state index in [0.29, 0.717) is 30.4 Å². The minimum absolute atomic E-state index is 0.0895. The van der Waals surface area contributed by atoms with Crippen LogP contribution in [0, 0.1) is 0 Å². The Kier molecular flexibility index (Phi) is 9.93. The van der Waals surface area contributed by atoms with Crippen LogP contribution >= 0.6 is 7.60 Å². The summed E-state index contributed by atoms with van der Waals surface area (Å²) in [6.07, 6.45) is 3.91. The summed E-state index contributed by atoms with van der Waals surface area (Å²) >= 11 is 0. The van der Waals surface area contributed by atoms with Crippen LogP contribution in [-0.4, -0.2) is 34.8 Å². The molecule has 11 heteroatoms. The van der Waals surface area contributed by atoms with Crippen LogP contribution in [0.3, 0.4) is 0 Å². The van der Waals surface area contributed by atoms with Gasteiger partial charge in [-0.25, -0.2) is 0 Å². The van der Waals surface area contributed by atoms with Crippen molar-refractivity contribution in [3.63, 3.8) is 0 Å². The molecule has 0 bridgehead atoms. The molecule has 0 atom stereocenters. The molecular formula is C33H33F3N3O4P. The van der Waals surface area contributed by atoms with Gasteiger partial charge in [0.2, 0.25) is 5.91 Å². The molecule has 2 heterocycles. The summed E-state index contributed by atoms with van der Waals surface area (Å²) in [7, 11) is -3.53. The van der Waals surface area contributed by atoms with Crippen LogP contribution in [0.15, 0.2) is 97.6 Å². The minimum Gasteiger partial charge on any atom is -0.346 e. The van der Waals surface area contributed by atoms with Gasteiger partial charge in [0, 0.05) is 24.8 Å². The maximum Gasteiger partial charge on any atom is 0.405 e. The molecule has 0 spiro atoms. The number of pyridine rings is 2. The number of fused-ring (bicyclic) bond motifs is 3. The van der Waals surface area contributed by atoms with E-state index in [1.807, 2.05) is 36.4 Å². The fourth-order valence-electron chi connectivity index (χ4n) is 5.63. The van der Waals surface area contributed by atoms with Gasteiger partial charge in [-0.05, 0) is 70.5 Å². The van der Waals surface area contributed by atoms with E-state index >= 15 is 0 Å². The number of nitrogens with one attached hydrogen (secondary N) is 1. The molecule has 2 aromatic heterocycles. The van der Waals surface area contributed by atoms with Gasteiger partial charge < -0.3 is 14.4 Å². The first-order valence-corrected chi connectivity index (χ1v) is 16.1. The van der Waals surface area contributed by atoms with Crippen LogP contribution in [0.1, 0.15) is 47.9 Å². The van der Waals surface area contributed by atoms with Crippen LogP contribution in [0.5, 0.6) is 0 Å². The lowest BCUT2D eigenvalue weighted by Gasteiger charge is -2.31. The Hall–Kier alpha value is -3.85. The molecule has 1 aliphatic carbocycles. The highest BCUT2D eigenvalue weighted by Gasteiger charge is 2.49. The molecule has 44 heavy (non-hydrogen) atoms. The third kappa shape index (κ3) is 7.44. The van der Waals surface area contributed by atoms with Gasteiger partial charge in [0.1, 0.15) is 12.0 Å². The summed E-state index contributed by atoms with van der Waals surface area (Å²) in [5.41, 5.74) is 3.38. The number of benzene rings is 2. The number of nitrogens with zero attached hydrogens (tertiary/aromatic N) is 2. The number of rotatable bonds is 14. The fraction of sp³-hybridized carbons (Fsp3) is 0.303. The first-order valence-electron chi connectivity index (χ1n) is 14.4. The van der Waals surface area contributed by atoms with Crippen molar-refractivity contribution in [3.05, 3.63) is 120 Å². The summed E-state index contributed by atoms with van der Waals surface area (Å²) in [6.45, 7) is -1.23. The Morgan fingerprint density at radius 1 is 0.750 bits per heavy atom. The van der Waals surface area contributed by atoms with Crippen molar-refractivity contribution in [2.75, 3.05) is 12.7 Å². The van der Waals surface area contributed by atoms with Gasteiger partial charge in [-0.15, -0.1) is 0 Å². The standard InChI is InChI=1S/C33H33F3N3O4P/c34-33(35,36)24-39-31(40)32(29-10-4-2-8-27(29)28-9-3-5-11-30(28)32)16-6-1-7-21-44(41,42-22-25-12-17-37-18-13-25)43-23-26-14-19-38-20-15-26/h2-5,8-15,17-20H,1,6-7,16,21-24H2,(H,39,40). The van der Waals surface area contributed by atoms with Crippen LogP contribution in [0.4, 0.5) is 13.2 Å². The zero-order valence-corrected chi connectivity index (χ0v) is 24.9. The second-order valence-corrected chi connectivity index (χ2v) is 12.9. The van der Waals surface area contributed by atoms with Gasteiger partial charge in [0.05, 0.1) is 19.4 Å². The van der Waals surface area contributed by atoms with E-state index in [-0.39, 0.29) is 25.8 Å². The number of halogens is 3. The zero-order chi connectivity index (χ0) is 31.0. The summed E-state index contributed by atoms with van der Waals surface area (Å²) < 4.78 is 65.0. The molecule has 4 aromatic rings. The van der Waals surface area contributed by atoms with Crippen molar-refractivity contribution in [1.82, 2.24) is 15.3 Å². The number of hydrogen-bond acceptors (Lipinski definition) is 6. The highest BCUT2D eigenvalue weighted by molar-refractivity contribution is 7.53. The molecular weight excluding hydrogens is 590 g/mol. The van der Waals surface area contributed by atoms with Crippen molar-refractivity contribution in [2.45, 2.75) is 50.5 Å². The lowest BCUT2D eigenvalue weighted by Crippen LogP contribution is -2.47. The van der Waals surface area contributed by atoms with Crippen molar-refractivity contribution in [2.24, 2.45) is 0 Å². The second kappa shape index (κ2) is 13.8. The molecule has 5 rings (SSSR count). The van der Waals surface area contributed by atoms with E-state index in [0.717, 1.165) is 22.3 Å². The van der Waals surface area contributed by atoms with Crippen molar-refractivity contribution >= 4 is 13.5 Å². The topological polar surface area (TPSA) is 90.4 Å². The lowest BCUT2D eigenvalue weighted by atomic mass is 9.73. The normalized spacial score (nSPS) is 13.7. The first-order chi connectivity index (χ1) is 21.2. The number of unbranched alkanes of at least 4 members (excludes halogenated alkanes) is 2. The largest absolute Gasteiger partial charge is 0.405 e. The molecule has 230 valence electrons. The van der Waals surface area contributed by atoms with Gasteiger partial charge in [-0.3, -0.25) is 19.3 Å². The Balaban J connectivity index is 1.30. The number of amides is 1. The van der Waals surface area contributed by atoms with Crippen LogP contribution < -0.4 is 5.32 Å². The molecule has 1 N–H and O–H groups in total. The predicted molar refractivity (Wildman–Crippen MR) is 161 cm³/mol. The average molecular weight is 624 g/mol. The number of carbonyl (C=O) groups is 1. The monoisotopic (exact) mass is 623 g/mol. The average Bonchev–Trinajstić information content (AvgIpc) is 3.33. The number of alkyl halides is 3. The number of hydrogen-bond donors (Lipinski definition) is 1. The van der Waals surface area contributed by atoms with Crippen molar-refractivity contribution in [1.29, 1.82) is 0 Å². The smallest absolute Gasteiger partial charge is 0.346 e. The molecule has 0 saturated heterocycles. The Morgan fingerprint density at radius 3 is 1.75 bits per heavy atom. The Morgan fingerprint density at radius 2 is 1.25 bits per heavy atom. The first kappa shape index (κ1) is 31.6. The maximum atomic E-state index is 13.8. The molecule has 0 radical (unpaired) electrons. The third-order valence-corrected chi connectivity index (χ3v) is 9.65. The lowest BCUT2D eigenvalue weighted by molar-refractivity contribution is -0.141. The molecule has 2 aromatic carbocycles. The van der Waals surface area contributed by atoms with Crippen molar-refractivity contribution < 1.29 is 31.6 Å². The number of aromatic nitrogens is 2. The molecule has 0 unspecified atom stereocenters. The number of carbonyl (C=O) groups excluding carboxylic acids is 1. The summed E-state index contributed by atoms with van der Waals surface area (Å²) in [5.74, 6) is -0.681. The zero-order valence-electron chi connectivity index (χ0n) is 24.0. The summed E-state index contributed by atoms with van der Waals surface area (Å²) in [5, 5.41) is 2.16. The molecule has 0 saturated carbocycles. The highest BCUT2D eigenvalue weighted by Crippen LogP contribution is 2.53. The van der Waals surface area contributed by atoms with E-state index in [4.69, 9.17) is 9.05 Å². The quantitative estimate of drug-likeness (QED) is 0.115. The molecule has 0 aliphatic heterocycles. The van der Waals surface area contributed by atoms with E-state index in [9.17, 15) is 22.5 Å². The SMILES string of the molecule is O=C(NCC(F)(F)F)C1(CCCCCP(=O)(OCc2ccncc2)OCc2ccncc2)c2ccccc2-c2ccccc21. The van der Waals surface area contributed by atoms with Crippen LogP contribution in [-0.2, 0) is 37.0 Å². The summed E-state index contributed by atoms with van der Waals surface area (Å²) in [4.78, 5) is 21.7. The van der Waals surface area contributed by atoms with Gasteiger partial charge in [0.15, 0.2) is 0 Å². The second-order valence-electron chi connectivity index (χ2n) is 10.7. The van der Waals surface area contributed by atoms with Gasteiger partial charge >= 0.3 is 13.8 Å². The Labute approximate surface area is 254 Å². The third-order valence-electron chi connectivity index (χ3n) is 7.74. The van der Waals surface area contributed by atoms with E-state index in [1.165, 1.54) is 0 Å². The van der Waals surface area contributed by atoms with Gasteiger partial charge in [0.25, 0.3) is 0 Å². The van der Waals surface area contributed by atoms with Crippen molar-refractivity contribution in [3.8, 4) is 11.1 Å². The molecule has 1 amide bonds. The Bertz CT molecular complexity index is 1510. The van der Waals surface area contributed by atoms with Crippen LogP contribution in [0.25, 0.3) is 11.1 Å². The molecule has 0 fully saturated rings. The van der Waals surface area contributed by atoms with E-state index < -0.39 is 31.6 Å². The van der Waals surface area contributed by atoms with E-state index in [2.05, 4.69) is 15.3 Å². The van der Waals surface area contributed by atoms with Crippen LogP contribution in [0.2, 0.25) is 0 Å². The predicted octanol–water partition coefficient (Wildman–Crippen LogP) is 7.61.